The Kier molecular flexibility index (Phi) is 5.46. The SMILES string of the molecule is C[C@@H](C(=O)Nc1ccc(Cl)cc1)N(c1ccccc1F)S(C)(=O)=O. The molecule has 0 aromatic heterocycles. The van der Waals surface area contributed by atoms with Crippen LogP contribution in [0.4, 0.5) is 15.8 Å². The summed E-state index contributed by atoms with van der Waals surface area (Å²) in [5.74, 6) is -1.32. The average molecular weight is 371 g/mol. The molecule has 0 saturated heterocycles. The quantitative estimate of drug-likeness (QED) is 0.878. The lowest BCUT2D eigenvalue weighted by atomic mass is 10.2. The Morgan fingerprint density at radius 1 is 1.17 bits per heavy atom. The Hall–Kier alpha value is -2.12. The first-order chi connectivity index (χ1) is 11.2. The Morgan fingerprint density at radius 2 is 1.75 bits per heavy atom. The first-order valence-corrected chi connectivity index (χ1v) is 9.23. The van der Waals surface area contributed by atoms with E-state index < -0.39 is 27.8 Å². The van der Waals surface area contributed by atoms with E-state index in [1.54, 1.807) is 24.3 Å². The first-order valence-electron chi connectivity index (χ1n) is 7.00. The van der Waals surface area contributed by atoms with Gasteiger partial charge in [0.1, 0.15) is 11.9 Å². The van der Waals surface area contributed by atoms with Crippen molar-refractivity contribution in [3.63, 3.8) is 0 Å². The molecule has 1 amide bonds. The highest BCUT2D eigenvalue weighted by Gasteiger charge is 2.30. The van der Waals surface area contributed by atoms with Gasteiger partial charge in [-0.2, -0.15) is 0 Å². The van der Waals surface area contributed by atoms with Crippen LogP contribution in [-0.2, 0) is 14.8 Å². The maximum absolute atomic E-state index is 14.0. The number of sulfonamides is 1. The molecule has 0 unspecified atom stereocenters. The first kappa shape index (κ1) is 18.2. The predicted octanol–water partition coefficient (Wildman–Crippen LogP) is 3.27. The highest BCUT2D eigenvalue weighted by Crippen LogP contribution is 2.24. The Morgan fingerprint density at radius 3 is 2.29 bits per heavy atom. The average Bonchev–Trinajstić information content (AvgIpc) is 2.50. The van der Waals surface area contributed by atoms with Gasteiger partial charge in [-0.3, -0.25) is 9.10 Å². The minimum Gasteiger partial charge on any atom is -0.324 e. The number of amides is 1. The van der Waals surface area contributed by atoms with Gasteiger partial charge in [0.15, 0.2) is 0 Å². The number of carbonyl (C=O) groups excluding carboxylic acids is 1. The van der Waals surface area contributed by atoms with Gasteiger partial charge in [-0.1, -0.05) is 23.7 Å². The summed E-state index contributed by atoms with van der Waals surface area (Å²) < 4.78 is 38.9. The van der Waals surface area contributed by atoms with Gasteiger partial charge in [0.05, 0.1) is 11.9 Å². The summed E-state index contributed by atoms with van der Waals surface area (Å²) in [5, 5.41) is 3.09. The number of nitrogens with one attached hydrogen (secondary N) is 1. The van der Waals surface area contributed by atoms with E-state index >= 15 is 0 Å². The van der Waals surface area contributed by atoms with Crippen molar-refractivity contribution in [3.05, 3.63) is 59.4 Å². The van der Waals surface area contributed by atoms with Crippen molar-refractivity contribution in [3.8, 4) is 0 Å². The minimum absolute atomic E-state index is 0.182. The van der Waals surface area contributed by atoms with Crippen LogP contribution in [-0.4, -0.2) is 26.6 Å². The molecule has 0 bridgehead atoms. The Balaban J connectivity index is 2.31. The lowest BCUT2D eigenvalue weighted by molar-refractivity contribution is -0.116. The van der Waals surface area contributed by atoms with Crippen molar-refractivity contribution in [2.45, 2.75) is 13.0 Å². The summed E-state index contributed by atoms with van der Waals surface area (Å²) in [7, 11) is -3.87. The predicted molar refractivity (Wildman–Crippen MR) is 93.3 cm³/mol. The fourth-order valence-corrected chi connectivity index (χ4v) is 3.49. The van der Waals surface area contributed by atoms with E-state index in [0.717, 1.165) is 16.6 Å². The molecule has 0 spiro atoms. The number of nitrogens with zero attached hydrogens (tertiary/aromatic N) is 1. The zero-order valence-corrected chi connectivity index (χ0v) is 14.6. The van der Waals surface area contributed by atoms with Crippen LogP contribution in [0.2, 0.25) is 5.02 Å². The zero-order chi connectivity index (χ0) is 17.9. The smallest absolute Gasteiger partial charge is 0.247 e. The van der Waals surface area contributed by atoms with Crippen molar-refractivity contribution < 1.29 is 17.6 Å². The summed E-state index contributed by atoms with van der Waals surface area (Å²) >= 11 is 5.78. The Labute approximate surface area is 145 Å². The van der Waals surface area contributed by atoms with E-state index in [2.05, 4.69) is 5.32 Å². The van der Waals surface area contributed by atoms with Crippen molar-refractivity contribution in [2.75, 3.05) is 15.9 Å². The maximum atomic E-state index is 14.0. The lowest BCUT2D eigenvalue weighted by Crippen LogP contribution is -2.45. The molecule has 0 fully saturated rings. The summed E-state index contributed by atoms with van der Waals surface area (Å²) in [6, 6.07) is 10.6. The Bertz CT molecular complexity index is 841. The second-order valence-corrected chi connectivity index (χ2v) is 7.48. The number of carbonyl (C=O) groups is 1. The van der Waals surface area contributed by atoms with Crippen LogP contribution in [0.1, 0.15) is 6.92 Å². The molecule has 1 atom stereocenters. The van der Waals surface area contributed by atoms with Gasteiger partial charge in [0, 0.05) is 10.7 Å². The second-order valence-electron chi connectivity index (χ2n) is 5.18. The highest BCUT2D eigenvalue weighted by atomic mass is 35.5. The van der Waals surface area contributed by atoms with Crippen LogP contribution in [0.25, 0.3) is 0 Å². The number of anilines is 2. The number of halogens is 2. The van der Waals surface area contributed by atoms with E-state index in [-0.39, 0.29) is 5.69 Å². The third-order valence-electron chi connectivity index (χ3n) is 3.29. The molecule has 128 valence electrons. The van der Waals surface area contributed by atoms with Gasteiger partial charge in [-0.05, 0) is 43.3 Å². The molecule has 0 saturated carbocycles. The summed E-state index contributed by atoms with van der Waals surface area (Å²) in [6.45, 7) is 1.39. The third-order valence-corrected chi connectivity index (χ3v) is 4.77. The van der Waals surface area contributed by atoms with Gasteiger partial charge in [0.2, 0.25) is 15.9 Å². The summed E-state index contributed by atoms with van der Waals surface area (Å²) in [5.41, 5.74) is 0.275. The van der Waals surface area contributed by atoms with E-state index in [1.807, 2.05) is 0 Å². The van der Waals surface area contributed by atoms with E-state index in [9.17, 15) is 17.6 Å². The van der Waals surface area contributed by atoms with Crippen LogP contribution in [0.15, 0.2) is 48.5 Å². The van der Waals surface area contributed by atoms with Crippen molar-refractivity contribution in [1.29, 1.82) is 0 Å². The van der Waals surface area contributed by atoms with Gasteiger partial charge in [-0.15, -0.1) is 0 Å². The molecular weight excluding hydrogens is 355 g/mol. The topological polar surface area (TPSA) is 66.5 Å². The van der Waals surface area contributed by atoms with Crippen LogP contribution in [0, 0.1) is 5.82 Å². The minimum atomic E-state index is -3.87. The van der Waals surface area contributed by atoms with Crippen LogP contribution < -0.4 is 9.62 Å². The number of benzene rings is 2. The van der Waals surface area contributed by atoms with Crippen LogP contribution in [0.3, 0.4) is 0 Å². The maximum Gasteiger partial charge on any atom is 0.247 e. The standard InChI is InChI=1S/C16H16ClFN2O3S/c1-11(16(21)19-13-9-7-12(17)8-10-13)20(24(2,22)23)15-6-4-3-5-14(15)18/h3-11H,1-2H3,(H,19,21)/t11-/m0/s1. The molecule has 5 nitrogen and oxygen atoms in total. The molecule has 0 heterocycles. The van der Waals surface area contributed by atoms with Crippen LogP contribution >= 0.6 is 11.6 Å². The van der Waals surface area contributed by atoms with E-state index in [1.165, 1.54) is 25.1 Å². The highest BCUT2D eigenvalue weighted by molar-refractivity contribution is 7.92. The van der Waals surface area contributed by atoms with Crippen molar-refractivity contribution in [1.82, 2.24) is 0 Å². The molecule has 2 aromatic rings. The molecule has 2 rings (SSSR count). The molecule has 8 heteroatoms. The van der Waals surface area contributed by atoms with Crippen molar-refractivity contribution >= 4 is 38.9 Å². The number of rotatable bonds is 5. The fourth-order valence-electron chi connectivity index (χ4n) is 2.19. The van der Waals surface area contributed by atoms with E-state index in [4.69, 9.17) is 11.6 Å². The monoisotopic (exact) mass is 370 g/mol. The second kappa shape index (κ2) is 7.19. The van der Waals surface area contributed by atoms with Crippen molar-refractivity contribution in [2.24, 2.45) is 0 Å². The molecule has 1 N–H and O–H groups in total. The molecule has 24 heavy (non-hydrogen) atoms. The number of hydrogen-bond acceptors (Lipinski definition) is 3. The number of hydrogen-bond donors (Lipinski definition) is 1. The normalized spacial score (nSPS) is 12.5. The summed E-state index contributed by atoms with van der Waals surface area (Å²) in [4.78, 5) is 12.4. The largest absolute Gasteiger partial charge is 0.324 e. The van der Waals surface area contributed by atoms with Gasteiger partial charge in [0.25, 0.3) is 0 Å². The molecule has 0 radical (unpaired) electrons. The molecule has 0 aliphatic carbocycles. The van der Waals surface area contributed by atoms with Gasteiger partial charge < -0.3 is 5.32 Å². The lowest BCUT2D eigenvalue weighted by Gasteiger charge is -2.28. The molecule has 0 aliphatic rings. The third kappa shape index (κ3) is 4.24. The number of para-hydroxylation sites is 1. The summed E-state index contributed by atoms with van der Waals surface area (Å²) in [6.07, 6.45) is 0.922. The zero-order valence-electron chi connectivity index (χ0n) is 13.0. The molecule has 2 aromatic carbocycles. The van der Waals surface area contributed by atoms with Crippen LogP contribution in [0.5, 0.6) is 0 Å². The molecular formula is C16H16ClFN2O3S. The van der Waals surface area contributed by atoms with Gasteiger partial charge in [-0.25, -0.2) is 12.8 Å². The molecule has 0 aliphatic heterocycles. The van der Waals surface area contributed by atoms with Gasteiger partial charge >= 0.3 is 0 Å². The fraction of sp³-hybridized carbons (Fsp3) is 0.188. The van der Waals surface area contributed by atoms with E-state index in [0.29, 0.717) is 10.7 Å².